The van der Waals surface area contributed by atoms with Crippen molar-refractivity contribution in [2.75, 3.05) is 0 Å². The highest BCUT2D eigenvalue weighted by Crippen LogP contribution is 2.17. The summed E-state index contributed by atoms with van der Waals surface area (Å²) in [6.45, 7) is 4.24. The van der Waals surface area contributed by atoms with Gasteiger partial charge in [-0.2, -0.15) is 0 Å². The van der Waals surface area contributed by atoms with Crippen LogP contribution in [0.15, 0.2) is 29.6 Å². The Morgan fingerprint density at radius 2 is 2.20 bits per heavy atom. The second-order valence-electron chi connectivity index (χ2n) is 4.47. The summed E-state index contributed by atoms with van der Waals surface area (Å²) in [6, 6.07) is 7.10. The first-order valence-electron chi connectivity index (χ1n) is 6.26. The second-order valence-corrected chi connectivity index (χ2v) is 5.76. The number of amides is 2. The third kappa shape index (κ3) is 3.95. The minimum absolute atomic E-state index is 0.111. The molecule has 0 fully saturated rings. The molecule has 2 rings (SSSR count). The number of aryl methyl sites for hydroxylation is 1. The highest BCUT2D eigenvalue weighted by Gasteiger charge is 2.12. The average molecular weight is 310 g/mol. The number of hydrogen-bond donors (Lipinski definition) is 2. The van der Waals surface area contributed by atoms with E-state index in [0.717, 1.165) is 16.3 Å². The van der Waals surface area contributed by atoms with Crippen LogP contribution in [0.1, 0.15) is 29.2 Å². The maximum atomic E-state index is 11.8. The monoisotopic (exact) mass is 309 g/mol. The first-order chi connectivity index (χ1) is 9.56. The molecule has 2 N–H and O–H groups in total. The van der Waals surface area contributed by atoms with Crippen molar-refractivity contribution < 1.29 is 4.79 Å². The van der Waals surface area contributed by atoms with Gasteiger partial charge in [-0.25, -0.2) is 9.78 Å². The summed E-state index contributed by atoms with van der Waals surface area (Å²) in [4.78, 5) is 16.2. The van der Waals surface area contributed by atoms with Gasteiger partial charge in [0.2, 0.25) is 0 Å². The fourth-order valence-corrected chi connectivity index (χ4v) is 2.70. The minimum Gasteiger partial charge on any atom is -0.334 e. The number of hydrogen-bond acceptors (Lipinski definition) is 3. The van der Waals surface area contributed by atoms with E-state index in [-0.39, 0.29) is 12.1 Å². The molecule has 0 saturated carbocycles. The van der Waals surface area contributed by atoms with E-state index in [1.54, 1.807) is 17.4 Å². The molecule has 0 aliphatic carbocycles. The van der Waals surface area contributed by atoms with Crippen LogP contribution in [0.3, 0.4) is 0 Å². The lowest BCUT2D eigenvalue weighted by Crippen LogP contribution is -2.36. The van der Waals surface area contributed by atoms with Gasteiger partial charge in [0.15, 0.2) is 0 Å². The number of carbonyl (C=O) groups excluding carboxylic acids is 1. The van der Waals surface area contributed by atoms with Crippen molar-refractivity contribution in [3.05, 3.63) is 50.9 Å². The lowest BCUT2D eigenvalue weighted by atomic mass is 10.2. The Kier molecular flexibility index (Phi) is 4.98. The lowest BCUT2D eigenvalue weighted by Gasteiger charge is -2.12. The molecular formula is C14H16ClN3OS. The number of carbonyl (C=O) groups is 1. The Balaban J connectivity index is 1.85. The van der Waals surface area contributed by atoms with E-state index < -0.39 is 0 Å². The zero-order valence-electron chi connectivity index (χ0n) is 11.3. The summed E-state index contributed by atoms with van der Waals surface area (Å²) in [6.07, 6.45) is 0. The summed E-state index contributed by atoms with van der Waals surface area (Å²) in [5, 5.41) is 9.16. The number of halogens is 1. The Bertz CT molecular complexity index is 600. The van der Waals surface area contributed by atoms with Gasteiger partial charge in [0.25, 0.3) is 0 Å². The van der Waals surface area contributed by atoms with Crippen LogP contribution in [-0.4, -0.2) is 11.0 Å². The molecule has 6 heteroatoms. The number of thiazole rings is 1. The Hall–Kier alpha value is -1.59. The molecule has 1 heterocycles. The number of aromatic nitrogens is 1. The number of urea groups is 1. The van der Waals surface area contributed by atoms with Crippen molar-refractivity contribution >= 4 is 29.0 Å². The van der Waals surface area contributed by atoms with Crippen LogP contribution < -0.4 is 10.6 Å². The Morgan fingerprint density at radius 3 is 2.85 bits per heavy atom. The molecule has 20 heavy (non-hydrogen) atoms. The van der Waals surface area contributed by atoms with Gasteiger partial charge in [-0.1, -0.05) is 29.8 Å². The first kappa shape index (κ1) is 14.8. The molecule has 0 aliphatic rings. The predicted octanol–water partition coefficient (Wildman–Crippen LogP) is 3.67. The van der Waals surface area contributed by atoms with Gasteiger partial charge < -0.3 is 10.6 Å². The Morgan fingerprint density at radius 1 is 1.45 bits per heavy atom. The van der Waals surface area contributed by atoms with Crippen molar-refractivity contribution in [1.82, 2.24) is 15.6 Å². The largest absolute Gasteiger partial charge is 0.334 e. The molecule has 4 nitrogen and oxygen atoms in total. The molecule has 2 amide bonds. The molecule has 0 saturated heterocycles. The van der Waals surface area contributed by atoms with E-state index in [1.165, 1.54) is 0 Å². The van der Waals surface area contributed by atoms with Crippen molar-refractivity contribution in [2.45, 2.75) is 26.4 Å². The summed E-state index contributed by atoms with van der Waals surface area (Å²) in [5.41, 5.74) is 1.86. The lowest BCUT2D eigenvalue weighted by molar-refractivity contribution is 0.237. The maximum absolute atomic E-state index is 11.8. The molecule has 0 aliphatic heterocycles. The smallest absolute Gasteiger partial charge is 0.315 e. The van der Waals surface area contributed by atoms with E-state index in [0.29, 0.717) is 11.6 Å². The number of benzene rings is 1. The summed E-state index contributed by atoms with van der Waals surface area (Å²) < 4.78 is 0. The molecule has 1 atom stereocenters. The summed E-state index contributed by atoms with van der Waals surface area (Å²) in [7, 11) is 0. The third-order valence-electron chi connectivity index (χ3n) is 2.75. The van der Waals surface area contributed by atoms with Crippen molar-refractivity contribution in [2.24, 2.45) is 0 Å². The average Bonchev–Trinajstić information content (AvgIpc) is 2.84. The number of nitrogens with one attached hydrogen (secondary N) is 2. The predicted molar refractivity (Wildman–Crippen MR) is 82.1 cm³/mol. The van der Waals surface area contributed by atoms with Gasteiger partial charge in [-0.05, 0) is 25.5 Å². The number of nitrogens with zero attached hydrogens (tertiary/aromatic N) is 1. The molecule has 1 aromatic heterocycles. The van der Waals surface area contributed by atoms with Crippen LogP contribution in [0, 0.1) is 6.92 Å². The highest BCUT2D eigenvalue weighted by atomic mass is 35.5. The minimum atomic E-state index is -0.231. The highest BCUT2D eigenvalue weighted by molar-refractivity contribution is 7.09. The molecule has 1 aromatic carbocycles. The van der Waals surface area contributed by atoms with Crippen LogP contribution in [0.5, 0.6) is 0 Å². The van der Waals surface area contributed by atoms with Crippen molar-refractivity contribution in [3.8, 4) is 0 Å². The molecule has 0 bridgehead atoms. The van der Waals surface area contributed by atoms with Gasteiger partial charge in [0.05, 0.1) is 6.04 Å². The van der Waals surface area contributed by atoms with Crippen LogP contribution in [0.2, 0.25) is 5.02 Å². The molecule has 0 radical (unpaired) electrons. The van der Waals surface area contributed by atoms with Crippen LogP contribution >= 0.6 is 22.9 Å². The van der Waals surface area contributed by atoms with E-state index in [1.807, 2.05) is 37.4 Å². The molecule has 2 aromatic rings. The van der Waals surface area contributed by atoms with Crippen molar-refractivity contribution in [1.29, 1.82) is 0 Å². The molecule has 0 spiro atoms. The standard InChI is InChI=1S/C14H16ClN3OS/c1-9-8-20-13(17-9)10(2)18-14(19)16-7-11-5-3-4-6-12(11)15/h3-6,8,10H,7H2,1-2H3,(H2,16,18,19). The zero-order chi connectivity index (χ0) is 14.5. The van der Waals surface area contributed by atoms with Gasteiger partial charge in [-0.15, -0.1) is 11.3 Å². The van der Waals surface area contributed by atoms with Gasteiger partial charge in [0.1, 0.15) is 5.01 Å². The van der Waals surface area contributed by atoms with Gasteiger partial charge in [0, 0.05) is 22.6 Å². The zero-order valence-corrected chi connectivity index (χ0v) is 12.9. The quantitative estimate of drug-likeness (QED) is 0.905. The number of rotatable bonds is 4. The fourth-order valence-electron chi connectivity index (χ4n) is 1.70. The SMILES string of the molecule is Cc1csc(C(C)NC(=O)NCc2ccccc2Cl)n1. The van der Waals surface area contributed by atoms with Gasteiger partial charge in [-0.3, -0.25) is 0 Å². The molecular weight excluding hydrogens is 294 g/mol. The first-order valence-corrected chi connectivity index (χ1v) is 7.52. The van der Waals surface area contributed by atoms with E-state index in [2.05, 4.69) is 15.6 Å². The normalized spacial score (nSPS) is 11.9. The topological polar surface area (TPSA) is 54.0 Å². The van der Waals surface area contributed by atoms with E-state index in [4.69, 9.17) is 11.6 Å². The molecule has 106 valence electrons. The summed E-state index contributed by atoms with van der Waals surface area (Å²) in [5.74, 6) is 0. The Labute approximate surface area is 127 Å². The van der Waals surface area contributed by atoms with Crippen LogP contribution in [0.4, 0.5) is 4.79 Å². The third-order valence-corrected chi connectivity index (χ3v) is 4.27. The van der Waals surface area contributed by atoms with E-state index in [9.17, 15) is 4.79 Å². The summed E-state index contributed by atoms with van der Waals surface area (Å²) >= 11 is 7.57. The molecule has 1 unspecified atom stereocenters. The van der Waals surface area contributed by atoms with Crippen molar-refractivity contribution in [3.63, 3.8) is 0 Å². The second kappa shape index (κ2) is 6.72. The van der Waals surface area contributed by atoms with E-state index >= 15 is 0 Å². The maximum Gasteiger partial charge on any atom is 0.315 e. The van der Waals surface area contributed by atoms with Crippen LogP contribution in [-0.2, 0) is 6.54 Å². The fraction of sp³-hybridized carbons (Fsp3) is 0.286. The van der Waals surface area contributed by atoms with Crippen LogP contribution in [0.25, 0.3) is 0 Å². The van der Waals surface area contributed by atoms with Gasteiger partial charge >= 0.3 is 6.03 Å².